The van der Waals surface area contributed by atoms with E-state index >= 15 is 0 Å². The summed E-state index contributed by atoms with van der Waals surface area (Å²) in [4.78, 5) is 4.33. The van der Waals surface area contributed by atoms with Crippen LogP contribution in [0.25, 0.3) is 10.9 Å². The van der Waals surface area contributed by atoms with Crippen LogP contribution in [-0.2, 0) is 6.54 Å². The second kappa shape index (κ2) is 4.11. The maximum atomic E-state index is 4.33. The van der Waals surface area contributed by atoms with E-state index in [1.165, 1.54) is 23.8 Å². The van der Waals surface area contributed by atoms with Gasteiger partial charge in [0.1, 0.15) is 0 Å². The highest BCUT2D eigenvalue weighted by Crippen LogP contribution is 2.44. The van der Waals surface area contributed by atoms with Crippen molar-refractivity contribution in [3.63, 3.8) is 0 Å². The van der Waals surface area contributed by atoms with Crippen molar-refractivity contribution in [2.75, 3.05) is 6.54 Å². The third kappa shape index (κ3) is 2.47. The van der Waals surface area contributed by atoms with Crippen LogP contribution in [0.3, 0.4) is 0 Å². The van der Waals surface area contributed by atoms with E-state index < -0.39 is 0 Å². The maximum Gasteiger partial charge on any atom is 0.0702 e. The van der Waals surface area contributed by atoms with Gasteiger partial charge in [0.15, 0.2) is 0 Å². The Balaban J connectivity index is 1.68. The largest absolute Gasteiger partial charge is 0.312 e. The van der Waals surface area contributed by atoms with Crippen LogP contribution in [0.1, 0.15) is 25.3 Å². The fourth-order valence-corrected chi connectivity index (χ4v) is 2.13. The number of fused-ring (bicyclic) bond motifs is 1. The van der Waals surface area contributed by atoms with Crippen molar-refractivity contribution in [2.45, 2.75) is 26.3 Å². The van der Waals surface area contributed by atoms with Crippen molar-refractivity contribution in [1.29, 1.82) is 0 Å². The van der Waals surface area contributed by atoms with Gasteiger partial charge in [0.05, 0.1) is 5.52 Å². The zero-order valence-corrected chi connectivity index (χ0v) is 10.2. The molecule has 0 bridgehead atoms. The number of hydrogen-bond donors (Lipinski definition) is 1. The molecule has 88 valence electrons. The van der Waals surface area contributed by atoms with Crippen LogP contribution in [-0.4, -0.2) is 11.5 Å². The number of nitrogens with one attached hydrogen (secondary N) is 1. The second-order valence-electron chi connectivity index (χ2n) is 5.44. The molecule has 1 aliphatic carbocycles. The first-order valence-corrected chi connectivity index (χ1v) is 6.30. The van der Waals surface area contributed by atoms with Crippen LogP contribution in [0, 0.1) is 5.41 Å². The Morgan fingerprint density at radius 3 is 3.00 bits per heavy atom. The molecule has 0 unspecified atom stereocenters. The van der Waals surface area contributed by atoms with Crippen LogP contribution < -0.4 is 5.32 Å². The zero-order valence-electron chi connectivity index (χ0n) is 10.2. The molecular weight excluding hydrogens is 208 g/mol. The highest BCUT2D eigenvalue weighted by molar-refractivity contribution is 5.78. The summed E-state index contributed by atoms with van der Waals surface area (Å²) < 4.78 is 0. The predicted octanol–water partition coefficient (Wildman–Crippen LogP) is 3.12. The normalized spacial score (nSPS) is 17.2. The van der Waals surface area contributed by atoms with E-state index in [-0.39, 0.29) is 0 Å². The van der Waals surface area contributed by atoms with Crippen molar-refractivity contribution in [2.24, 2.45) is 5.41 Å². The van der Waals surface area contributed by atoms with E-state index in [4.69, 9.17) is 0 Å². The van der Waals surface area contributed by atoms with Gasteiger partial charge in [-0.25, -0.2) is 0 Å². The summed E-state index contributed by atoms with van der Waals surface area (Å²) in [6.45, 7) is 4.45. The molecule has 1 heterocycles. The molecule has 2 aromatic rings. The summed E-state index contributed by atoms with van der Waals surface area (Å²) in [6.07, 6.45) is 4.59. The van der Waals surface area contributed by atoms with E-state index in [0.29, 0.717) is 5.41 Å². The van der Waals surface area contributed by atoms with Crippen LogP contribution in [0.15, 0.2) is 36.5 Å². The lowest BCUT2D eigenvalue weighted by Gasteiger charge is -2.10. The Hall–Kier alpha value is -1.41. The topological polar surface area (TPSA) is 24.9 Å². The third-order valence-electron chi connectivity index (χ3n) is 3.65. The smallest absolute Gasteiger partial charge is 0.0702 e. The molecule has 1 N–H and O–H groups in total. The molecule has 0 saturated heterocycles. The highest BCUT2D eigenvalue weighted by atomic mass is 14.9. The number of nitrogens with zero attached hydrogens (tertiary/aromatic N) is 1. The third-order valence-corrected chi connectivity index (χ3v) is 3.65. The molecule has 1 aliphatic rings. The molecule has 0 aliphatic heterocycles. The lowest BCUT2D eigenvalue weighted by Crippen LogP contribution is -2.21. The molecule has 0 atom stereocenters. The lowest BCUT2D eigenvalue weighted by atomic mass is 10.1. The molecule has 1 aromatic carbocycles. The van der Waals surface area contributed by atoms with Gasteiger partial charge in [-0.2, -0.15) is 0 Å². The van der Waals surface area contributed by atoms with Crippen molar-refractivity contribution in [3.8, 4) is 0 Å². The summed E-state index contributed by atoms with van der Waals surface area (Å²) in [6, 6.07) is 10.6. The number of benzene rings is 1. The van der Waals surface area contributed by atoms with E-state index in [2.05, 4.69) is 41.5 Å². The monoisotopic (exact) mass is 226 g/mol. The van der Waals surface area contributed by atoms with E-state index in [0.717, 1.165) is 18.6 Å². The molecule has 3 rings (SSSR count). The summed E-state index contributed by atoms with van der Waals surface area (Å²) in [5, 5.41) is 4.77. The molecule has 1 fully saturated rings. The van der Waals surface area contributed by atoms with Gasteiger partial charge in [0, 0.05) is 24.7 Å². The van der Waals surface area contributed by atoms with Gasteiger partial charge in [0.25, 0.3) is 0 Å². The molecule has 0 radical (unpaired) electrons. The van der Waals surface area contributed by atoms with Crippen LogP contribution in [0.5, 0.6) is 0 Å². The average Bonchev–Trinajstić information content (AvgIpc) is 3.07. The minimum Gasteiger partial charge on any atom is -0.312 e. The lowest BCUT2D eigenvalue weighted by molar-refractivity contribution is 0.499. The van der Waals surface area contributed by atoms with Crippen molar-refractivity contribution in [3.05, 3.63) is 42.1 Å². The van der Waals surface area contributed by atoms with E-state index in [9.17, 15) is 0 Å². The minimum absolute atomic E-state index is 0.582. The summed E-state index contributed by atoms with van der Waals surface area (Å²) in [5.74, 6) is 0. The van der Waals surface area contributed by atoms with Gasteiger partial charge in [-0.1, -0.05) is 19.1 Å². The van der Waals surface area contributed by atoms with Gasteiger partial charge in [-0.15, -0.1) is 0 Å². The average molecular weight is 226 g/mol. The predicted molar refractivity (Wildman–Crippen MR) is 70.8 cm³/mol. The molecule has 0 amide bonds. The molecule has 2 nitrogen and oxygen atoms in total. The number of rotatable bonds is 4. The molecule has 1 aromatic heterocycles. The Morgan fingerprint density at radius 1 is 1.29 bits per heavy atom. The minimum atomic E-state index is 0.582. The molecule has 1 saturated carbocycles. The zero-order chi connectivity index (χ0) is 11.7. The maximum absolute atomic E-state index is 4.33. The Kier molecular flexibility index (Phi) is 2.60. The van der Waals surface area contributed by atoms with E-state index in [1.807, 2.05) is 12.3 Å². The summed E-state index contributed by atoms with van der Waals surface area (Å²) in [5.41, 5.74) is 3.00. The number of hydrogen-bond acceptors (Lipinski definition) is 2. The first-order valence-electron chi connectivity index (χ1n) is 6.30. The van der Waals surface area contributed by atoms with Gasteiger partial charge in [-0.05, 0) is 42.0 Å². The summed E-state index contributed by atoms with van der Waals surface area (Å²) >= 11 is 0. The Bertz CT molecular complexity index is 529. The molecule has 0 spiro atoms. The fourth-order valence-electron chi connectivity index (χ4n) is 2.13. The Morgan fingerprint density at radius 2 is 2.18 bits per heavy atom. The highest BCUT2D eigenvalue weighted by Gasteiger charge is 2.36. The van der Waals surface area contributed by atoms with Gasteiger partial charge >= 0.3 is 0 Å². The quantitative estimate of drug-likeness (QED) is 0.866. The van der Waals surface area contributed by atoms with Crippen LogP contribution in [0.2, 0.25) is 0 Å². The molecular formula is C15H18N2. The van der Waals surface area contributed by atoms with Gasteiger partial charge in [0.2, 0.25) is 0 Å². The second-order valence-corrected chi connectivity index (χ2v) is 5.44. The van der Waals surface area contributed by atoms with Crippen molar-refractivity contribution < 1.29 is 0 Å². The van der Waals surface area contributed by atoms with Crippen molar-refractivity contribution >= 4 is 10.9 Å². The van der Waals surface area contributed by atoms with E-state index in [1.54, 1.807) is 0 Å². The SMILES string of the molecule is CC1(CNCc2ccc3ncccc3c2)CC1. The van der Waals surface area contributed by atoms with Crippen molar-refractivity contribution in [1.82, 2.24) is 10.3 Å². The molecule has 17 heavy (non-hydrogen) atoms. The first kappa shape index (κ1) is 10.7. The van der Waals surface area contributed by atoms with Crippen LogP contribution >= 0.6 is 0 Å². The first-order chi connectivity index (χ1) is 8.25. The van der Waals surface area contributed by atoms with Crippen LogP contribution in [0.4, 0.5) is 0 Å². The van der Waals surface area contributed by atoms with Gasteiger partial charge < -0.3 is 5.32 Å². The standard InChI is InChI=1S/C15H18N2/c1-15(6-7-15)11-16-10-12-4-5-14-13(9-12)3-2-8-17-14/h2-5,8-9,16H,6-7,10-11H2,1H3. The molecule has 2 heteroatoms. The Labute approximate surface area is 102 Å². The number of pyridine rings is 1. The fraction of sp³-hybridized carbons (Fsp3) is 0.400. The number of aromatic nitrogens is 1. The summed E-state index contributed by atoms with van der Waals surface area (Å²) in [7, 11) is 0. The van der Waals surface area contributed by atoms with Gasteiger partial charge in [-0.3, -0.25) is 4.98 Å².